The highest BCUT2D eigenvalue weighted by Crippen LogP contribution is 2.28. The minimum absolute atomic E-state index is 0. The molecule has 15 heavy (non-hydrogen) atoms. The number of hydrogen-bond acceptors (Lipinski definition) is 5. The molecule has 1 saturated carbocycles. The molecular formula is C8H15ClN4O2. The molecule has 3 atom stereocenters. The van der Waals surface area contributed by atoms with Crippen LogP contribution in [-0.2, 0) is 6.42 Å². The van der Waals surface area contributed by atoms with Crippen LogP contribution in [0.5, 0.6) is 0 Å². The summed E-state index contributed by atoms with van der Waals surface area (Å²) in [5, 5.41) is 30.8. The van der Waals surface area contributed by atoms with Gasteiger partial charge in [-0.3, -0.25) is 0 Å². The van der Waals surface area contributed by atoms with Crippen molar-refractivity contribution in [3.05, 3.63) is 5.82 Å². The van der Waals surface area contributed by atoms with Gasteiger partial charge in [0.15, 0.2) is 5.82 Å². The first-order valence-corrected chi connectivity index (χ1v) is 4.87. The van der Waals surface area contributed by atoms with E-state index in [0.717, 1.165) is 6.42 Å². The maximum absolute atomic E-state index is 9.61. The molecule has 0 bridgehead atoms. The highest BCUT2D eigenvalue weighted by atomic mass is 35.5. The van der Waals surface area contributed by atoms with Crippen LogP contribution in [0.4, 0.5) is 0 Å². The Morgan fingerprint density at radius 1 is 1.40 bits per heavy atom. The van der Waals surface area contributed by atoms with Gasteiger partial charge in [0, 0.05) is 6.42 Å². The molecule has 86 valence electrons. The number of hydrogen-bond donors (Lipinski definition) is 2. The molecule has 0 aromatic carbocycles. The molecule has 0 radical (unpaired) electrons. The third-order valence-electron chi connectivity index (χ3n) is 2.63. The zero-order valence-electron chi connectivity index (χ0n) is 8.44. The standard InChI is InChI=1S/C8H14N4O2.ClH/c1-2-7-9-11-12(10-7)5-3-4-6(13)8(5)14;/h5-6,8,13-14H,2-4H2,1H3;1H. The molecule has 0 amide bonds. The van der Waals surface area contributed by atoms with E-state index in [2.05, 4.69) is 15.4 Å². The molecule has 0 aliphatic heterocycles. The van der Waals surface area contributed by atoms with Gasteiger partial charge in [-0.2, -0.15) is 4.80 Å². The molecule has 6 nitrogen and oxygen atoms in total. The summed E-state index contributed by atoms with van der Waals surface area (Å²) < 4.78 is 0. The summed E-state index contributed by atoms with van der Waals surface area (Å²) in [5.74, 6) is 0.665. The van der Waals surface area contributed by atoms with E-state index >= 15 is 0 Å². The van der Waals surface area contributed by atoms with Crippen molar-refractivity contribution in [2.24, 2.45) is 0 Å². The van der Waals surface area contributed by atoms with Crippen molar-refractivity contribution >= 4 is 12.4 Å². The van der Waals surface area contributed by atoms with Crippen LogP contribution >= 0.6 is 12.4 Å². The minimum Gasteiger partial charge on any atom is -0.390 e. The molecule has 1 aromatic heterocycles. The van der Waals surface area contributed by atoms with Gasteiger partial charge in [0.1, 0.15) is 12.1 Å². The Morgan fingerprint density at radius 3 is 2.60 bits per heavy atom. The first-order valence-electron chi connectivity index (χ1n) is 4.87. The van der Waals surface area contributed by atoms with Gasteiger partial charge >= 0.3 is 0 Å². The number of tetrazole rings is 1. The molecule has 1 heterocycles. The van der Waals surface area contributed by atoms with Crippen LogP contribution in [-0.4, -0.2) is 42.6 Å². The summed E-state index contributed by atoms with van der Waals surface area (Å²) in [7, 11) is 0. The Bertz CT molecular complexity index is 319. The Hall–Kier alpha value is -0.720. The smallest absolute Gasteiger partial charge is 0.174 e. The topological polar surface area (TPSA) is 84.1 Å². The summed E-state index contributed by atoms with van der Waals surface area (Å²) in [4.78, 5) is 1.42. The number of aliphatic hydroxyl groups is 2. The van der Waals surface area contributed by atoms with Gasteiger partial charge in [-0.25, -0.2) is 0 Å². The van der Waals surface area contributed by atoms with E-state index in [-0.39, 0.29) is 18.4 Å². The Balaban J connectivity index is 0.00000112. The molecule has 1 aliphatic rings. The van der Waals surface area contributed by atoms with Gasteiger partial charge in [-0.15, -0.1) is 22.6 Å². The van der Waals surface area contributed by atoms with E-state index < -0.39 is 12.2 Å². The summed E-state index contributed by atoms with van der Waals surface area (Å²) in [5.41, 5.74) is 0. The van der Waals surface area contributed by atoms with Crippen molar-refractivity contribution in [1.82, 2.24) is 20.2 Å². The highest BCUT2D eigenvalue weighted by molar-refractivity contribution is 5.85. The van der Waals surface area contributed by atoms with E-state index in [9.17, 15) is 10.2 Å². The van der Waals surface area contributed by atoms with Crippen LogP contribution in [0, 0.1) is 0 Å². The predicted octanol–water partition coefficient (Wildman–Crippen LogP) is -0.286. The molecule has 0 spiro atoms. The molecule has 1 aromatic rings. The van der Waals surface area contributed by atoms with Gasteiger partial charge in [0.2, 0.25) is 0 Å². The van der Waals surface area contributed by atoms with Crippen molar-refractivity contribution in [3.63, 3.8) is 0 Å². The van der Waals surface area contributed by atoms with E-state index in [4.69, 9.17) is 0 Å². The van der Waals surface area contributed by atoms with E-state index in [1.54, 1.807) is 0 Å². The van der Waals surface area contributed by atoms with Crippen molar-refractivity contribution in [2.45, 2.75) is 44.4 Å². The maximum Gasteiger partial charge on any atom is 0.174 e. The van der Waals surface area contributed by atoms with Gasteiger partial charge in [0.05, 0.1) is 6.10 Å². The lowest BCUT2D eigenvalue weighted by Gasteiger charge is -2.14. The zero-order valence-corrected chi connectivity index (χ0v) is 9.26. The number of nitrogens with zero attached hydrogens (tertiary/aromatic N) is 4. The van der Waals surface area contributed by atoms with Crippen LogP contribution < -0.4 is 0 Å². The maximum atomic E-state index is 9.61. The van der Waals surface area contributed by atoms with Gasteiger partial charge in [0.25, 0.3) is 0 Å². The number of aryl methyl sites for hydroxylation is 1. The predicted molar refractivity (Wildman–Crippen MR) is 54.7 cm³/mol. The third kappa shape index (κ3) is 2.27. The average molecular weight is 235 g/mol. The van der Waals surface area contributed by atoms with Crippen LogP contribution in [0.2, 0.25) is 0 Å². The summed E-state index contributed by atoms with van der Waals surface area (Å²) in [6, 6.07) is -0.224. The largest absolute Gasteiger partial charge is 0.390 e. The second-order valence-corrected chi connectivity index (χ2v) is 3.58. The van der Waals surface area contributed by atoms with E-state index in [1.165, 1.54) is 4.80 Å². The van der Waals surface area contributed by atoms with Crippen LogP contribution in [0.3, 0.4) is 0 Å². The van der Waals surface area contributed by atoms with Gasteiger partial charge < -0.3 is 10.2 Å². The molecule has 2 rings (SSSR count). The summed E-state index contributed by atoms with van der Waals surface area (Å²) in [6.45, 7) is 1.95. The lowest BCUT2D eigenvalue weighted by atomic mass is 10.2. The SMILES string of the molecule is CCc1nnn(C2CCC(O)C2O)n1.Cl. The van der Waals surface area contributed by atoms with Crippen LogP contribution in [0.15, 0.2) is 0 Å². The van der Waals surface area contributed by atoms with Crippen molar-refractivity contribution in [1.29, 1.82) is 0 Å². The number of rotatable bonds is 2. The lowest BCUT2D eigenvalue weighted by molar-refractivity contribution is 0.0178. The number of halogens is 1. The van der Waals surface area contributed by atoms with Crippen molar-refractivity contribution in [3.8, 4) is 0 Å². The van der Waals surface area contributed by atoms with Gasteiger partial charge in [-0.1, -0.05) is 6.92 Å². The fourth-order valence-corrected chi connectivity index (χ4v) is 1.73. The fraction of sp³-hybridized carbons (Fsp3) is 0.875. The Kier molecular flexibility index (Phi) is 4.01. The van der Waals surface area contributed by atoms with E-state index in [1.807, 2.05) is 6.92 Å². The molecule has 7 heteroatoms. The second kappa shape index (κ2) is 4.87. The monoisotopic (exact) mass is 234 g/mol. The Labute approximate surface area is 93.7 Å². The fourth-order valence-electron chi connectivity index (χ4n) is 1.73. The molecular weight excluding hydrogens is 220 g/mol. The molecule has 3 unspecified atom stereocenters. The third-order valence-corrected chi connectivity index (χ3v) is 2.63. The lowest BCUT2D eigenvalue weighted by Crippen LogP contribution is -2.28. The Morgan fingerprint density at radius 2 is 2.13 bits per heavy atom. The molecule has 0 saturated heterocycles. The van der Waals surface area contributed by atoms with Crippen LogP contribution in [0.25, 0.3) is 0 Å². The minimum atomic E-state index is -0.770. The average Bonchev–Trinajstić information content (AvgIpc) is 2.75. The van der Waals surface area contributed by atoms with Gasteiger partial charge in [-0.05, 0) is 18.1 Å². The normalized spacial score (nSPS) is 30.2. The molecule has 1 fully saturated rings. The number of aliphatic hydroxyl groups excluding tert-OH is 2. The molecule has 2 N–H and O–H groups in total. The molecule has 1 aliphatic carbocycles. The number of aromatic nitrogens is 4. The quantitative estimate of drug-likeness (QED) is 0.735. The highest BCUT2D eigenvalue weighted by Gasteiger charge is 2.36. The first kappa shape index (κ1) is 12.4. The van der Waals surface area contributed by atoms with E-state index in [0.29, 0.717) is 18.7 Å². The first-order chi connectivity index (χ1) is 6.72. The second-order valence-electron chi connectivity index (χ2n) is 3.58. The van der Waals surface area contributed by atoms with Crippen molar-refractivity contribution in [2.75, 3.05) is 0 Å². The zero-order chi connectivity index (χ0) is 10.1. The van der Waals surface area contributed by atoms with Crippen LogP contribution in [0.1, 0.15) is 31.6 Å². The summed E-state index contributed by atoms with van der Waals surface area (Å²) >= 11 is 0. The summed E-state index contributed by atoms with van der Waals surface area (Å²) in [6.07, 6.45) is 0.590. The van der Waals surface area contributed by atoms with Crippen molar-refractivity contribution < 1.29 is 10.2 Å².